The Balaban J connectivity index is 1.47. The van der Waals surface area contributed by atoms with E-state index in [0.29, 0.717) is 30.6 Å². The monoisotopic (exact) mass is 462 g/mol. The van der Waals surface area contributed by atoms with Crippen molar-refractivity contribution in [1.29, 1.82) is 0 Å². The van der Waals surface area contributed by atoms with Gasteiger partial charge < -0.3 is 24.8 Å². The van der Waals surface area contributed by atoms with E-state index in [1.165, 1.54) is 26.4 Å². The molecule has 1 heterocycles. The van der Waals surface area contributed by atoms with Crippen molar-refractivity contribution in [3.8, 4) is 0 Å². The van der Waals surface area contributed by atoms with Crippen LogP contribution in [-0.2, 0) is 19.1 Å². The van der Waals surface area contributed by atoms with Gasteiger partial charge in [0.05, 0.1) is 13.2 Å². The summed E-state index contributed by atoms with van der Waals surface area (Å²) in [4.78, 5) is 41.5. The molecule has 184 valence electrons. The maximum absolute atomic E-state index is 14.3. The van der Waals surface area contributed by atoms with Crippen LogP contribution in [0.2, 0.25) is 0 Å². The van der Waals surface area contributed by atoms with Crippen LogP contribution in [0, 0.1) is 29.1 Å². The first-order chi connectivity index (χ1) is 15.5. The van der Waals surface area contributed by atoms with E-state index in [1.54, 1.807) is 4.90 Å². The zero-order valence-corrected chi connectivity index (χ0v) is 20.2. The number of amides is 2. The van der Waals surface area contributed by atoms with Crippen LogP contribution in [0.25, 0.3) is 0 Å². The number of rotatable bonds is 4. The Hall–Kier alpha value is -1.83. The van der Waals surface area contributed by atoms with Crippen molar-refractivity contribution in [3.05, 3.63) is 0 Å². The third-order valence-corrected chi connectivity index (χ3v) is 8.95. The highest BCUT2D eigenvalue weighted by molar-refractivity contribution is 5.92. The van der Waals surface area contributed by atoms with E-state index in [4.69, 9.17) is 9.47 Å². The number of methoxy groups -OCH3 is 1. The standard InChI is InChI=1S/C25H38N2O6/c1-24(2,3)33-23(31)26-20(25-10-13-5-14(11-25)7-15(6-13)12-25)21(29)27-16-8-17(18(28)9-16)19(27)22(30)32-4/h13-20,28H,5-12H2,1-4H3,(H,26,31)/t13?,14?,15?,16-,17+,18?,19-,20+,25?/m0/s1. The van der Waals surface area contributed by atoms with Crippen LogP contribution < -0.4 is 5.32 Å². The number of nitrogens with one attached hydrogen (secondary N) is 1. The fourth-order valence-electron chi connectivity index (χ4n) is 8.33. The molecular weight excluding hydrogens is 424 g/mol. The fraction of sp³-hybridized carbons (Fsp3) is 0.880. The number of ether oxygens (including phenoxy) is 2. The largest absolute Gasteiger partial charge is 0.467 e. The minimum Gasteiger partial charge on any atom is -0.467 e. The normalized spacial score (nSPS) is 41.7. The molecule has 5 aliphatic carbocycles. The third kappa shape index (κ3) is 3.92. The van der Waals surface area contributed by atoms with Crippen LogP contribution in [0.15, 0.2) is 0 Å². The third-order valence-electron chi connectivity index (χ3n) is 8.95. The fourth-order valence-corrected chi connectivity index (χ4v) is 8.33. The van der Waals surface area contributed by atoms with Gasteiger partial charge in [-0.25, -0.2) is 9.59 Å². The Morgan fingerprint density at radius 3 is 2.09 bits per heavy atom. The van der Waals surface area contributed by atoms with E-state index in [1.807, 2.05) is 20.8 Å². The summed E-state index contributed by atoms with van der Waals surface area (Å²) in [6.45, 7) is 5.42. The number of hydrogen-bond donors (Lipinski definition) is 2. The zero-order chi connectivity index (χ0) is 23.7. The summed E-state index contributed by atoms with van der Waals surface area (Å²) in [6.07, 6.45) is 6.30. The number of nitrogens with zero attached hydrogens (tertiary/aromatic N) is 1. The van der Waals surface area contributed by atoms with Crippen molar-refractivity contribution < 1.29 is 29.0 Å². The summed E-state index contributed by atoms with van der Waals surface area (Å²) >= 11 is 0. The van der Waals surface area contributed by atoms with Crippen molar-refractivity contribution >= 4 is 18.0 Å². The first kappa shape index (κ1) is 22.9. The number of likely N-dealkylation sites (tertiary alicyclic amines) is 1. The minimum absolute atomic E-state index is 0.210. The average molecular weight is 463 g/mol. The number of piperidine rings is 1. The predicted octanol–water partition coefficient (Wildman–Crippen LogP) is 2.62. The molecule has 1 unspecified atom stereocenters. The highest BCUT2D eigenvalue weighted by atomic mass is 16.6. The van der Waals surface area contributed by atoms with E-state index < -0.39 is 35.9 Å². The number of carbonyl (C=O) groups excluding carboxylic acids is 3. The van der Waals surface area contributed by atoms with Crippen LogP contribution >= 0.6 is 0 Å². The van der Waals surface area contributed by atoms with Gasteiger partial charge in [-0.3, -0.25) is 4.79 Å². The molecule has 5 atom stereocenters. The number of fused-ring (bicyclic) bond motifs is 2. The molecule has 2 amide bonds. The summed E-state index contributed by atoms with van der Waals surface area (Å²) in [5.41, 5.74) is -0.978. The maximum Gasteiger partial charge on any atom is 0.408 e. The second kappa shape index (κ2) is 7.85. The number of hydrogen-bond acceptors (Lipinski definition) is 6. The van der Waals surface area contributed by atoms with Crippen molar-refractivity contribution in [2.75, 3.05) is 7.11 Å². The molecule has 6 aliphatic rings. The molecule has 8 heteroatoms. The molecule has 33 heavy (non-hydrogen) atoms. The quantitative estimate of drug-likeness (QED) is 0.623. The Kier molecular flexibility index (Phi) is 5.46. The van der Waals surface area contributed by atoms with Gasteiger partial charge in [0, 0.05) is 17.4 Å². The summed E-state index contributed by atoms with van der Waals surface area (Å²) < 4.78 is 10.6. The lowest BCUT2D eigenvalue weighted by molar-refractivity contribution is -0.163. The lowest BCUT2D eigenvalue weighted by Gasteiger charge is -2.59. The van der Waals surface area contributed by atoms with Gasteiger partial charge in [-0.1, -0.05) is 0 Å². The second-order valence-corrected chi connectivity index (χ2v) is 12.4. The molecule has 2 N–H and O–H groups in total. The summed E-state index contributed by atoms with van der Waals surface area (Å²) in [7, 11) is 1.32. The Labute approximate surface area is 195 Å². The van der Waals surface area contributed by atoms with Gasteiger partial charge in [-0.2, -0.15) is 0 Å². The van der Waals surface area contributed by atoms with Gasteiger partial charge in [-0.05, 0) is 89.9 Å². The maximum atomic E-state index is 14.3. The van der Waals surface area contributed by atoms with E-state index in [0.717, 1.165) is 19.3 Å². The molecule has 0 aromatic rings. The van der Waals surface area contributed by atoms with Gasteiger partial charge in [0.1, 0.15) is 17.7 Å². The van der Waals surface area contributed by atoms with Crippen molar-refractivity contribution in [1.82, 2.24) is 10.2 Å². The molecule has 8 nitrogen and oxygen atoms in total. The second-order valence-electron chi connectivity index (χ2n) is 12.4. The van der Waals surface area contributed by atoms with Crippen molar-refractivity contribution in [2.24, 2.45) is 29.1 Å². The number of alkyl carbamates (subject to hydrolysis) is 1. The van der Waals surface area contributed by atoms with Gasteiger partial charge >= 0.3 is 12.1 Å². The molecule has 5 saturated carbocycles. The van der Waals surface area contributed by atoms with Crippen molar-refractivity contribution in [2.45, 2.75) is 102 Å². The Morgan fingerprint density at radius 1 is 1.00 bits per heavy atom. The van der Waals surface area contributed by atoms with Crippen LogP contribution in [-0.4, -0.2) is 64.9 Å². The van der Waals surface area contributed by atoms with Crippen LogP contribution in [0.5, 0.6) is 0 Å². The topological polar surface area (TPSA) is 105 Å². The molecule has 6 fully saturated rings. The van der Waals surface area contributed by atoms with E-state index in [9.17, 15) is 19.5 Å². The molecule has 0 radical (unpaired) electrons. The van der Waals surface area contributed by atoms with E-state index >= 15 is 0 Å². The first-order valence-corrected chi connectivity index (χ1v) is 12.6. The van der Waals surface area contributed by atoms with Crippen LogP contribution in [0.3, 0.4) is 0 Å². The van der Waals surface area contributed by atoms with Gasteiger partial charge in [-0.15, -0.1) is 0 Å². The molecule has 1 saturated heterocycles. The van der Waals surface area contributed by atoms with E-state index in [-0.39, 0.29) is 23.3 Å². The molecule has 0 aromatic carbocycles. The highest BCUT2D eigenvalue weighted by Crippen LogP contribution is 2.61. The van der Waals surface area contributed by atoms with Crippen LogP contribution in [0.4, 0.5) is 4.79 Å². The van der Waals surface area contributed by atoms with Gasteiger partial charge in [0.2, 0.25) is 5.91 Å². The molecule has 0 spiro atoms. The molecule has 6 bridgehead atoms. The number of aliphatic hydroxyl groups is 1. The number of aliphatic hydroxyl groups excluding tert-OH is 1. The van der Waals surface area contributed by atoms with E-state index in [2.05, 4.69) is 5.32 Å². The lowest BCUT2D eigenvalue weighted by atomic mass is 9.47. The number of carbonyl (C=O) groups is 3. The molecule has 0 aromatic heterocycles. The summed E-state index contributed by atoms with van der Waals surface area (Å²) in [5, 5.41) is 13.4. The first-order valence-electron chi connectivity index (χ1n) is 12.6. The average Bonchev–Trinajstić information content (AvgIpc) is 3.25. The molecule has 6 rings (SSSR count). The predicted molar refractivity (Wildman–Crippen MR) is 119 cm³/mol. The lowest BCUT2D eigenvalue weighted by Crippen LogP contribution is -2.65. The highest BCUT2D eigenvalue weighted by Gasteiger charge is 2.61. The number of esters is 1. The van der Waals surface area contributed by atoms with Gasteiger partial charge in [0.25, 0.3) is 0 Å². The Bertz CT molecular complexity index is 800. The van der Waals surface area contributed by atoms with Crippen molar-refractivity contribution in [3.63, 3.8) is 0 Å². The van der Waals surface area contributed by atoms with Gasteiger partial charge in [0.15, 0.2) is 0 Å². The van der Waals surface area contributed by atoms with Crippen LogP contribution in [0.1, 0.15) is 72.1 Å². The Morgan fingerprint density at radius 2 is 1.58 bits per heavy atom. The molecular formula is C25H38N2O6. The molecule has 1 aliphatic heterocycles. The minimum atomic E-state index is -0.798. The summed E-state index contributed by atoms with van der Waals surface area (Å²) in [5.74, 6) is 0.777. The zero-order valence-electron chi connectivity index (χ0n) is 20.2. The summed E-state index contributed by atoms with van der Waals surface area (Å²) in [6, 6.07) is -1.74. The SMILES string of the molecule is COC(=O)[C@@H]1[C@@H]2C[C@@H](CC2O)N1C(=O)[C@@H](NC(=O)OC(C)(C)C)C12CC3CC(CC(C3)C1)C2. The smallest absolute Gasteiger partial charge is 0.408 e.